The number of nitrogens with one attached hydrogen (secondary N) is 1. The molecule has 1 amide bonds. The van der Waals surface area contributed by atoms with Gasteiger partial charge in [-0.05, 0) is 54.7 Å². The normalized spacial score (nSPS) is 17.2. The molecule has 3 aromatic rings. The second-order valence-electron chi connectivity index (χ2n) is 7.95. The maximum absolute atomic E-state index is 13.2. The number of aryl methyl sites for hydroxylation is 1. The van der Waals surface area contributed by atoms with Crippen LogP contribution in [0.1, 0.15) is 28.8 Å². The highest BCUT2D eigenvalue weighted by atomic mass is 32.2. The van der Waals surface area contributed by atoms with E-state index in [2.05, 4.69) is 4.72 Å². The molecule has 30 heavy (non-hydrogen) atoms. The van der Waals surface area contributed by atoms with Gasteiger partial charge in [-0.25, -0.2) is 13.1 Å². The fourth-order valence-electron chi connectivity index (χ4n) is 4.03. The molecule has 4 rings (SSSR count). The van der Waals surface area contributed by atoms with Crippen molar-refractivity contribution >= 4 is 26.7 Å². The van der Waals surface area contributed by atoms with Gasteiger partial charge in [-0.3, -0.25) is 4.79 Å². The number of piperidine rings is 1. The Kier molecular flexibility index (Phi) is 5.88. The van der Waals surface area contributed by atoms with Gasteiger partial charge >= 0.3 is 0 Å². The molecule has 1 fully saturated rings. The van der Waals surface area contributed by atoms with Gasteiger partial charge < -0.3 is 4.90 Å². The van der Waals surface area contributed by atoms with Crippen LogP contribution in [0.3, 0.4) is 0 Å². The summed E-state index contributed by atoms with van der Waals surface area (Å²) in [6, 6.07) is 20.5. The summed E-state index contributed by atoms with van der Waals surface area (Å²) in [4.78, 5) is 15.3. The van der Waals surface area contributed by atoms with E-state index < -0.39 is 10.0 Å². The molecular weight excluding hydrogens is 396 g/mol. The van der Waals surface area contributed by atoms with Crippen LogP contribution in [-0.4, -0.2) is 38.9 Å². The zero-order valence-electron chi connectivity index (χ0n) is 17.0. The van der Waals surface area contributed by atoms with Gasteiger partial charge in [-0.1, -0.05) is 54.1 Å². The van der Waals surface area contributed by atoms with Crippen molar-refractivity contribution in [3.8, 4) is 0 Å². The fraction of sp³-hybridized carbons (Fsp3) is 0.292. The molecule has 3 aromatic carbocycles. The van der Waals surface area contributed by atoms with Gasteiger partial charge in [-0.15, -0.1) is 0 Å². The number of hydrogen-bond acceptors (Lipinski definition) is 3. The van der Waals surface area contributed by atoms with E-state index in [1.54, 1.807) is 24.3 Å². The minimum atomic E-state index is -3.55. The third kappa shape index (κ3) is 4.40. The van der Waals surface area contributed by atoms with Crippen molar-refractivity contribution in [3.63, 3.8) is 0 Å². The number of likely N-dealkylation sites (tertiary alicyclic amines) is 1. The highest BCUT2D eigenvalue weighted by molar-refractivity contribution is 7.89. The molecule has 1 aliphatic rings. The van der Waals surface area contributed by atoms with Crippen LogP contribution in [0.25, 0.3) is 10.8 Å². The van der Waals surface area contributed by atoms with E-state index in [9.17, 15) is 13.2 Å². The first-order valence-electron chi connectivity index (χ1n) is 10.3. The second-order valence-corrected chi connectivity index (χ2v) is 9.72. The number of fused-ring (bicyclic) bond motifs is 1. The van der Waals surface area contributed by atoms with E-state index in [-0.39, 0.29) is 16.7 Å². The first kappa shape index (κ1) is 20.6. The standard InChI is InChI=1S/C24H26N2O3S/c1-18-11-13-21(14-12-18)30(28,29)25-16-19-6-5-15-26(17-19)24(27)23-10-4-8-20-7-2-3-9-22(20)23/h2-4,7-14,19,25H,5-6,15-17H2,1H3/t19-/m0/s1. The van der Waals surface area contributed by atoms with Gasteiger partial charge in [0.2, 0.25) is 10.0 Å². The Morgan fingerprint density at radius 3 is 2.57 bits per heavy atom. The summed E-state index contributed by atoms with van der Waals surface area (Å²) < 4.78 is 27.9. The molecule has 6 heteroatoms. The van der Waals surface area contributed by atoms with Gasteiger partial charge in [0.25, 0.3) is 5.91 Å². The molecule has 0 unspecified atom stereocenters. The van der Waals surface area contributed by atoms with Crippen molar-refractivity contribution < 1.29 is 13.2 Å². The Morgan fingerprint density at radius 1 is 1.03 bits per heavy atom. The zero-order valence-corrected chi connectivity index (χ0v) is 17.9. The highest BCUT2D eigenvalue weighted by Crippen LogP contribution is 2.23. The Morgan fingerprint density at radius 2 is 1.77 bits per heavy atom. The molecule has 1 aliphatic heterocycles. The van der Waals surface area contributed by atoms with Crippen LogP contribution >= 0.6 is 0 Å². The number of carbonyl (C=O) groups is 1. The van der Waals surface area contributed by atoms with E-state index in [1.807, 2.05) is 54.3 Å². The lowest BCUT2D eigenvalue weighted by Crippen LogP contribution is -2.43. The third-order valence-corrected chi connectivity index (χ3v) is 7.16. The lowest BCUT2D eigenvalue weighted by molar-refractivity contribution is 0.0678. The predicted octanol–water partition coefficient (Wildman–Crippen LogP) is 3.98. The van der Waals surface area contributed by atoms with Crippen molar-refractivity contribution in [3.05, 3.63) is 77.9 Å². The summed E-state index contributed by atoms with van der Waals surface area (Å²) in [5.41, 5.74) is 1.72. The van der Waals surface area contributed by atoms with Crippen LogP contribution in [0.2, 0.25) is 0 Å². The molecule has 0 radical (unpaired) electrons. The average molecular weight is 423 g/mol. The number of nitrogens with zero attached hydrogens (tertiary/aromatic N) is 1. The largest absolute Gasteiger partial charge is 0.338 e. The van der Waals surface area contributed by atoms with Crippen LogP contribution in [-0.2, 0) is 10.0 Å². The summed E-state index contributed by atoms with van der Waals surface area (Å²) in [6.45, 7) is 3.50. The minimum absolute atomic E-state index is 0.0119. The van der Waals surface area contributed by atoms with Gasteiger partial charge in [0, 0.05) is 25.2 Å². The van der Waals surface area contributed by atoms with Crippen molar-refractivity contribution in [2.75, 3.05) is 19.6 Å². The molecular formula is C24H26N2O3S. The molecule has 0 spiro atoms. The van der Waals surface area contributed by atoms with Crippen molar-refractivity contribution in [2.45, 2.75) is 24.7 Å². The summed E-state index contributed by atoms with van der Waals surface area (Å²) in [5.74, 6) is 0.107. The molecule has 1 heterocycles. The molecule has 1 atom stereocenters. The molecule has 0 aromatic heterocycles. The minimum Gasteiger partial charge on any atom is -0.338 e. The molecule has 156 valence electrons. The number of benzene rings is 3. The summed E-state index contributed by atoms with van der Waals surface area (Å²) in [5, 5.41) is 2.00. The smallest absolute Gasteiger partial charge is 0.254 e. The van der Waals surface area contributed by atoms with Crippen LogP contribution in [0.5, 0.6) is 0 Å². The molecule has 1 N–H and O–H groups in total. The maximum atomic E-state index is 13.2. The van der Waals surface area contributed by atoms with Crippen LogP contribution in [0, 0.1) is 12.8 Å². The molecule has 1 saturated heterocycles. The maximum Gasteiger partial charge on any atom is 0.254 e. The average Bonchev–Trinajstić information content (AvgIpc) is 2.77. The number of amides is 1. The molecule has 0 aliphatic carbocycles. The van der Waals surface area contributed by atoms with Crippen LogP contribution < -0.4 is 4.72 Å². The Hall–Kier alpha value is -2.70. The van der Waals surface area contributed by atoms with Gasteiger partial charge in [0.05, 0.1) is 4.90 Å². The van der Waals surface area contributed by atoms with E-state index in [0.717, 1.165) is 29.2 Å². The quantitative estimate of drug-likeness (QED) is 0.676. The second kappa shape index (κ2) is 8.58. The number of rotatable bonds is 5. The molecule has 0 bridgehead atoms. The summed E-state index contributed by atoms with van der Waals surface area (Å²) in [6.07, 6.45) is 1.77. The predicted molar refractivity (Wildman–Crippen MR) is 119 cm³/mol. The van der Waals surface area contributed by atoms with E-state index in [1.165, 1.54) is 0 Å². The molecule has 0 saturated carbocycles. The first-order chi connectivity index (χ1) is 14.4. The lowest BCUT2D eigenvalue weighted by Gasteiger charge is -2.33. The van der Waals surface area contributed by atoms with Gasteiger partial charge in [-0.2, -0.15) is 0 Å². The molecule has 5 nitrogen and oxygen atoms in total. The van der Waals surface area contributed by atoms with E-state index in [0.29, 0.717) is 25.2 Å². The number of sulfonamides is 1. The highest BCUT2D eigenvalue weighted by Gasteiger charge is 2.26. The van der Waals surface area contributed by atoms with Crippen molar-refractivity contribution in [2.24, 2.45) is 5.92 Å². The van der Waals surface area contributed by atoms with E-state index >= 15 is 0 Å². The zero-order chi connectivity index (χ0) is 21.1. The Balaban J connectivity index is 1.44. The summed E-state index contributed by atoms with van der Waals surface area (Å²) >= 11 is 0. The van der Waals surface area contributed by atoms with Crippen LogP contribution in [0.15, 0.2) is 71.6 Å². The third-order valence-electron chi connectivity index (χ3n) is 5.72. The van der Waals surface area contributed by atoms with Crippen molar-refractivity contribution in [1.29, 1.82) is 0 Å². The Labute approximate surface area is 177 Å². The van der Waals surface area contributed by atoms with Gasteiger partial charge in [0.15, 0.2) is 0 Å². The fourth-order valence-corrected chi connectivity index (χ4v) is 5.14. The summed E-state index contributed by atoms with van der Waals surface area (Å²) in [7, 11) is -3.55. The van der Waals surface area contributed by atoms with Gasteiger partial charge in [0.1, 0.15) is 0 Å². The lowest BCUT2D eigenvalue weighted by atomic mass is 9.96. The monoisotopic (exact) mass is 422 g/mol. The first-order valence-corrected chi connectivity index (χ1v) is 11.8. The van der Waals surface area contributed by atoms with E-state index in [4.69, 9.17) is 0 Å². The number of carbonyl (C=O) groups excluding carboxylic acids is 1. The number of hydrogen-bond donors (Lipinski definition) is 1. The van der Waals surface area contributed by atoms with Crippen LogP contribution in [0.4, 0.5) is 0 Å². The Bertz CT molecular complexity index is 1150. The SMILES string of the molecule is Cc1ccc(S(=O)(=O)NC[C@@H]2CCCN(C(=O)c3cccc4ccccc34)C2)cc1. The van der Waals surface area contributed by atoms with Crippen molar-refractivity contribution in [1.82, 2.24) is 9.62 Å². The topological polar surface area (TPSA) is 66.5 Å².